The van der Waals surface area contributed by atoms with Crippen LogP contribution in [0.4, 0.5) is 11.4 Å². The highest BCUT2D eigenvalue weighted by molar-refractivity contribution is 6.00. The molecule has 8 nitrogen and oxygen atoms in total. The van der Waals surface area contributed by atoms with Gasteiger partial charge in [-0.1, -0.05) is 0 Å². The van der Waals surface area contributed by atoms with E-state index in [9.17, 15) is 14.9 Å². The van der Waals surface area contributed by atoms with Crippen LogP contribution in [0.5, 0.6) is 0 Å². The molecule has 2 fully saturated rings. The highest BCUT2D eigenvalue weighted by atomic mass is 16.6. The van der Waals surface area contributed by atoms with Crippen LogP contribution in [-0.4, -0.2) is 67.8 Å². The number of rotatable bonds is 3. The van der Waals surface area contributed by atoms with Gasteiger partial charge in [0.05, 0.1) is 42.1 Å². The lowest BCUT2D eigenvalue weighted by atomic mass is 10.1. The molecule has 1 amide bonds. The largest absolute Gasteiger partial charge is 0.378 e. The monoisotopic (exact) mass is 335 g/mol. The van der Waals surface area contributed by atoms with Gasteiger partial charge in [-0.2, -0.15) is 0 Å². The van der Waals surface area contributed by atoms with Gasteiger partial charge in [0.2, 0.25) is 0 Å². The van der Waals surface area contributed by atoms with Crippen molar-refractivity contribution in [1.82, 2.24) is 4.90 Å². The summed E-state index contributed by atoms with van der Waals surface area (Å²) in [5.41, 5.74) is 1.03. The maximum Gasteiger partial charge on any atom is 0.270 e. The standard InChI is InChI=1S/C16H21N3O5/c1-12-11-18(6-9-24-12)16(20)14-10-13(19(21)22)2-3-15(14)17-4-7-23-8-5-17/h2-3,10,12H,4-9,11H2,1H3. The maximum absolute atomic E-state index is 13.0. The fourth-order valence-corrected chi connectivity index (χ4v) is 3.06. The molecule has 1 unspecified atom stereocenters. The second kappa shape index (κ2) is 7.14. The molecule has 24 heavy (non-hydrogen) atoms. The van der Waals surface area contributed by atoms with E-state index in [0.29, 0.717) is 51.6 Å². The number of benzene rings is 1. The number of anilines is 1. The molecular weight excluding hydrogens is 314 g/mol. The summed E-state index contributed by atoms with van der Waals surface area (Å²) in [6.45, 7) is 5.87. The minimum atomic E-state index is -0.470. The van der Waals surface area contributed by atoms with Crippen molar-refractivity contribution in [2.75, 3.05) is 50.9 Å². The van der Waals surface area contributed by atoms with Gasteiger partial charge in [-0.15, -0.1) is 0 Å². The predicted octanol–water partition coefficient (Wildman–Crippen LogP) is 1.29. The molecular formula is C16H21N3O5. The van der Waals surface area contributed by atoms with Crippen LogP contribution < -0.4 is 4.90 Å². The molecule has 2 saturated heterocycles. The summed E-state index contributed by atoms with van der Waals surface area (Å²) in [7, 11) is 0. The molecule has 0 spiro atoms. The lowest BCUT2D eigenvalue weighted by Crippen LogP contribution is -2.45. The number of hydrogen-bond acceptors (Lipinski definition) is 6. The minimum absolute atomic E-state index is 0.0340. The van der Waals surface area contributed by atoms with Crippen molar-refractivity contribution >= 4 is 17.3 Å². The van der Waals surface area contributed by atoms with Gasteiger partial charge in [0.25, 0.3) is 11.6 Å². The third-order valence-corrected chi connectivity index (χ3v) is 4.30. The topological polar surface area (TPSA) is 85.2 Å². The Morgan fingerprint density at radius 2 is 2.00 bits per heavy atom. The Balaban J connectivity index is 1.94. The molecule has 0 bridgehead atoms. The van der Waals surface area contributed by atoms with Gasteiger partial charge < -0.3 is 19.3 Å². The predicted molar refractivity (Wildman–Crippen MR) is 87.4 cm³/mol. The van der Waals surface area contributed by atoms with Crippen LogP contribution in [0.25, 0.3) is 0 Å². The number of non-ortho nitro benzene ring substituents is 1. The average Bonchev–Trinajstić information content (AvgIpc) is 2.61. The van der Waals surface area contributed by atoms with Crippen molar-refractivity contribution in [2.45, 2.75) is 13.0 Å². The molecule has 0 aliphatic carbocycles. The summed E-state index contributed by atoms with van der Waals surface area (Å²) in [6, 6.07) is 4.50. The van der Waals surface area contributed by atoms with E-state index in [-0.39, 0.29) is 17.7 Å². The molecule has 0 saturated carbocycles. The zero-order chi connectivity index (χ0) is 17.1. The molecule has 8 heteroatoms. The van der Waals surface area contributed by atoms with Crippen molar-refractivity contribution in [3.8, 4) is 0 Å². The van der Waals surface area contributed by atoms with Gasteiger partial charge in [-0.25, -0.2) is 0 Å². The first-order valence-electron chi connectivity index (χ1n) is 8.08. The summed E-state index contributed by atoms with van der Waals surface area (Å²) >= 11 is 0. The van der Waals surface area contributed by atoms with Crippen molar-refractivity contribution < 1.29 is 19.2 Å². The van der Waals surface area contributed by atoms with Crippen molar-refractivity contribution in [3.05, 3.63) is 33.9 Å². The maximum atomic E-state index is 13.0. The van der Waals surface area contributed by atoms with Gasteiger partial charge in [-0.3, -0.25) is 14.9 Å². The van der Waals surface area contributed by atoms with E-state index in [0.717, 1.165) is 5.69 Å². The highest BCUT2D eigenvalue weighted by Gasteiger charge is 2.28. The minimum Gasteiger partial charge on any atom is -0.378 e. The Labute approximate surface area is 140 Å². The first-order chi connectivity index (χ1) is 11.6. The summed E-state index contributed by atoms with van der Waals surface area (Å²) in [5.74, 6) is -0.185. The van der Waals surface area contributed by atoms with Crippen LogP contribution in [0.3, 0.4) is 0 Å². The molecule has 0 N–H and O–H groups in total. The molecule has 2 aliphatic heterocycles. The Bertz CT molecular complexity index is 630. The number of amides is 1. The number of carbonyl (C=O) groups is 1. The second-order valence-corrected chi connectivity index (χ2v) is 5.99. The lowest BCUT2D eigenvalue weighted by Gasteiger charge is -2.34. The third-order valence-electron chi connectivity index (χ3n) is 4.30. The number of ether oxygens (including phenoxy) is 2. The SMILES string of the molecule is CC1CN(C(=O)c2cc([N+](=O)[O-])ccc2N2CCOCC2)CCO1. The van der Waals surface area contributed by atoms with Crippen LogP contribution in [0.1, 0.15) is 17.3 Å². The Morgan fingerprint density at radius 1 is 1.25 bits per heavy atom. The second-order valence-electron chi connectivity index (χ2n) is 5.99. The van der Waals surface area contributed by atoms with E-state index in [1.165, 1.54) is 12.1 Å². The van der Waals surface area contributed by atoms with Crippen LogP contribution in [-0.2, 0) is 9.47 Å². The Hall–Kier alpha value is -2.19. The van der Waals surface area contributed by atoms with E-state index in [2.05, 4.69) is 0 Å². The zero-order valence-electron chi connectivity index (χ0n) is 13.6. The molecule has 3 rings (SSSR count). The molecule has 1 atom stereocenters. The van der Waals surface area contributed by atoms with Crippen LogP contribution >= 0.6 is 0 Å². The van der Waals surface area contributed by atoms with Crippen LogP contribution in [0.15, 0.2) is 18.2 Å². The average molecular weight is 335 g/mol. The van der Waals surface area contributed by atoms with Gasteiger partial charge in [0.15, 0.2) is 0 Å². The lowest BCUT2D eigenvalue weighted by molar-refractivity contribution is -0.384. The van der Waals surface area contributed by atoms with E-state index >= 15 is 0 Å². The smallest absolute Gasteiger partial charge is 0.270 e. The van der Waals surface area contributed by atoms with Crippen molar-refractivity contribution in [1.29, 1.82) is 0 Å². The third kappa shape index (κ3) is 3.49. The molecule has 2 aliphatic rings. The normalized spacial score (nSPS) is 21.6. The first kappa shape index (κ1) is 16.7. The van der Waals surface area contributed by atoms with E-state index in [4.69, 9.17) is 9.47 Å². The number of nitro groups is 1. The molecule has 1 aromatic rings. The molecule has 1 aromatic carbocycles. The quantitative estimate of drug-likeness (QED) is 0.611. The van der Waals surface area contributed by atoms with Crippen LogP contribution in [0, 0.1) is 10.1 Å². The molecule has 0 radical (unpaired) electrons. The fraction of sp³-hybridized carbons (Fsp3) is 0.562. The Kier molecular flexibility index (Phi) is 4.96. The van der Waals surface area contributed by atoms with E-state index in [1.807, 2.05) is 11.8 Å². The molecule has 0 aromatic heterocycles. The number of hydrogen-bond donors (Lipinski definition) is 0. The van der Waals surface area contributed by atoms with Gasteiger partial charge in [0.1, 0.15) is 0 Å². The van der Waals surface area contributed by atoms with Gasteiger partial charge in [-0.05, 0) is 13.0 Å². The van der Waals surface area contributed by atoms with Crippen molar-refractivity contribution in [2.24, 2.45) is 0 Å². The fourth-order valence-electron chi connectivity index (χ4n) is 3.06. The van der Waals surface area contributed by atoms with E-state index < -0.39 is 4.92 Å². The number of nitro benzene ring substituents is 1. The highest BCUT2D eigenvalue weighted by Crippen LogP contribution is 2.28. The van der Waals surface area contributed by atoms with Gasteiger partial charge in [0, 0.05) is 38.3 Å². The van der Waals surface area contributed by atoms with Crippen molar-refractivity contribution in [3.63, 3.8) is 0 Å². The number of nitrogens with zero attached hydrogens (tertiary/aromatic N) is 3. The zero-order valence-corrected chi connectivity index (χ0v) is 13.6. The van der Waals surface area contributed by atoms with Gasteiger partial charge >= 0.3 is 0 Å². The number of morpholine rings is 2. The number of carbonyl (C=O) groups excluding carboxylic acids is 1. The molecule has 2 heterocycles. The van der Waals surface area contributed by atoms with E-state index in [1.54, 1.807) is 11.0 Å². The summed E-state index contributed by atoms with van der Waals surface area (Å²) in [5, 5.41) is 11.1. The first-order valence-corrected chi connectivity index (χ1v) is 8.08. The summed E-state index contributed by atoms with van der Waals surface area (Å²) in [4.78, 5) is 27.4. The Morgan fingerprint density at radius 3 is 2.67 bits per heavy atom. The summed E-state index contributed by atoms with van der Waals surface area (Å²) in [6.07, 6.45) is -0.0340. The summed E-state index contributed by atoms with van der Waals surface area (Å²) < 4.78 is 10.8. The molecule has 130 valence electrons. The van der Waals surface area contributed by atoms with Crippen LogP contribution in [0.2, 0.25) is 0 Å².